The zero-order chi connectivity index (χ0) is 13.2. The molecule has 2 aliphatic heterocycles. The minimum Gasteiger partial charge on any atom is -0.466 e. The summed E-state index contributed by atoms with van der Waals surface area (Å²) >= 11 is 0. The molecule has 0 saturated carbocycles. The normalized spacial score (nSPS) is 11.3. The predicted octanol–water partition coefficient (Wildman–Crippen LogP) is -2.40. The maximum absolute atomic E-state index is 8.49. The van der Waals surface area contributed by atoms with Crippen LogP contribution in [-0.4, -0.2) is 0 Å². The molecule has 94 valence electrons. The first-order chi connectivity index (χ1) is 8.45. The molecule has 0 fully saturated rings. The molecule has 0 aliphatic carbocycles. The number of para-hydroxylation sites is 1. The minimum atomic E-state index is -4.94. The lowest BCUT2D eigenvalue weighted by Crippen LogP contribution is -2.68. The summed E-state index contributed by atoms with van der Waals surface area (Å²) in [5, 5.41) is 1.24. The zero-order valence-corrected chi connectivity index (χ0v) is 9.72. The largest absolute Gasteiger partial charge is 0.466 e. The minimum absolute atomic E-state index is 1.05. The first-order valence-electron chi connectivity index (χ1n) is 4.83. The molecule has 6 nitrogen and oxygen atoms in total. The molecule has 2 aliphatic rings. The van der Waals surface area contributed by atoms with E-state index >= 15 is 0 Å². The Balaban J connectivity index is 0.000000209. The average molecular weight is 270 g/mol. The fourth-order valence-corrected chi connectivity index (χ4v) is 1.67. The Bertz CT molecular complexity index is 612. The molecule has 7 heteroatoms. The van der Waals surface area contributed by atoms with Gasteiger partial charge in [0.2, 0.25) is 11.2 Å². The molecule has 0 radical (unpaired) electrons. The summed E-state index contributed by atoms with van der Waals surface area (Å²) in [6.45, 7) is 0. The summed E-state index contributed by atoms with van der Waals surface area (Å²) in [5.74, 6) is 0. The number of benzene rings is 1. The second-order valence-corrected chi connectivity index (χ2v) is 4.19. The summed E-state index contributed by atoms with van der Waals surface area (Å²) in [5.41, 5.74) is 3.41. The van der Waals surface area contributed by atoms with Gasteiger partial charge in [-0.15, -0.1) is 10.2 Å². The first-order valence-corrected chi connectivity index (χ1v) is 6.06. The van der Waals surface area contributed by atoms with E-state index in [0.29, 0.717) is 0 Å². The lowest BCUT2D eigenvalue weighted by molar-refractivity contribution is -2.00. The number of fused-ring (bicyclic) bond motifs is 3. The van der Waals surface area contributed by atoms with Gasteiger partial charge in [-0.3, -0.25) is 0 Å². The highest BCUT2D eigenvalue weighted by Crippen LogP contribution is 2.26. The number of nitrogens with one attached hydrogen (secondary N) is 1. The summed E-state index contributed by atoms with van der Waals surface area (Å²) < 4.78 is 39.1. The third kappa shape index (κ3) is 3.16. The van der Waals surface area contributed by atoms with Gasteiger partial charge in [-0.1, -0.05) is 12.1 Å². The average Bonchev–Trinajstić information content (AvgIpc) is 2.65. The fraction of sp³-hybridized carbons (Fsp3) is 0. The topological polar surface area (TPSA) is 120 Å². The van der Waals surface area contributed by atoms with E-state index in [4.69, 9.17) is 23.1 Å². The van der Waals surface area contributed by atoms with Gasteiger partial charge >= 0.3 is 0 Å². The molecule has 0 spiro atoms. The number of H-pyrrole nitrogens is 1. The molecular formula is C11H8ClNO5. The van der Waals surface area contributed by atoms with E-state index in [1.165, 1.54) is 10.9 Å². The van der Waals surface area contributed by atoms with Crippen LogP contribution < -0.4 is 23.6 Å². The second-order valence-electron chi connectivity index (χ2n) is 3.43. The number of rotatable bonds is 0. The van der Waals surface area contributed by atoms with Crippen molar-refractivity contribution in [3.8, 4) is 11.3 Å². The van der Waals surface area contributed by atoms with Crippen LogP contribution in [0.4, 0.5) is 0 Å². The van der Waals surface area contributed by atoms with Gasteiger partial charge in [-0.05, 0) is 12.1 Å². The molecule has 1 N–H and O–H groups in total. The van der Waals surface area contributed by atoms with E-state index in [0.717, 1.165) is 11.2 Å². The second kappa shape index (κ2) is 4.89. The van der Waals surface area contributed by atoms with E-state index in [1.54, 1.807) is 12.5 Å². The van der Waals surface area contributed by atoms with Gasteiger partial charge in [0.15, 0.2) is 6.26 Å². The highest BCUT2D eigenvalue weighted by atomic mass is 35.7. The maximum atomic E-state index is 8.49. The Labute approximate surface area is 104 Å². The zero-order valence-electron chi connectivity index (χ0n) is 8.96. The maximum Gasteiger partial charge on any atom is 0.247 e. The standard InChI is InChI=1S/C11H7NO.ClHO4/c1-2-4-10-8(3-1)9-5-6-13-7-11(9)12-10;2-1(3,4)5/h1-7H;(H,2,3,4,5). The molecule has 2 heterocycles. The van der Waals surface area contributed by atoms with E-state index in [1.807, 2.05) is 18.2 Å². The highest BCUT2D eigenvalue weighted by molar-refractivity contribution is 5.92. The van der Waals surface area contributed by atoms with Crippen LogP contribution in [0.5, 0.6) is 0 Å². The summed E-state index contributed by atoms with van der Waals surface area (Å²) in [4.78, 5) is 3.28. The molecule has 0 atom stereocenters. The third-order valence-corrected chi connectivity index (χ3v) is 2.28. The Morgan fingerprint density at radius 3 is 2.39 bits per heavy atom. The van der Waals surface area contributed by atoms with Crippen molar-refractivity contribution >= 4 is 10.9 Å². The van der Waals surface area contributed by atoms with E-state index < -0.39 is 10.2 Å². The molecule has 0 saturated heterocycles. The first kappa shape index (κ1) is 12.7. The molecule has 0 amide bonds. The van der Waals surface area contributed by atoms with Crippen molar-refractivity contribution < 1.29 is 38.3 Å². The fourth-order valence-electron chi connectivity index (χ4n) is 1.67. The van der Waals surface area contributed by atoms with Crippen molar-refractivity contribution in [2.45, 2.75) is 0 Å². The van der Waals surface area contributed by atoms with Crippen molar-refractivity contribution in [2.24, 2.45) is 0 Å². The van der Waals surface area contributed by atoms with Crippen LogP contribution in [0.15, 0.2) is 47.3 Å². The molecule has 0 aromatic heterocycles. The molecule has 0 unspecified atom stereocenters. The van der Waals surface area contributed by atoms with Crippen LogP contribution in [0.1, 0.15) is 0 Å². The summed E-state index contributed by atoms with van der Waals surface area (Å²) in [6.07, 6.45) is 3.43. The molecule has 1 aromatic rings. The number of halogens is 1. The Morgan fingerprint density at radius 1 is 1.00 bits per heavy atom. The summed E-state index contributed by atoms with van der Waals surface area (Å²) in [6, 6.07) is 10.2. The van der Waals surface area contributed by atoms with Crippen molar-refractivity contribution in [3.05, 3.63) is 42.9 Å². The van der Waals surface area contributed by atoms with Crippen LogP contribution >= 0.6 is 0 Å². The molecule has 18 heavy (non-hydrogen) atoms. The van der Waals surface area contributed by atoms with Gasteiger partial charge in [-0.25, -0.2) is 23.6 Å². The van der Waals surface area contributed by atoms with Crippen molar-refractivity contribution in [1.29, 1.82) is 0 Å². The Morgan fingerprint density at radius 2 is 1.67 bits per heavy atom. The quantitative estimate of drug-likeness (QED) is 0.450. The van der Waals surface area contributed by atoms with Gasteiger partial charge in [0.1, 0.15) is 0 Å². The van der Waals surface area contributed by atoms with E-state index in [-0.39, 0.29) is 0 Å². The van der Waals surface area contributed by atoms with Gasteiger partial charge in [0, 0.05) is 6.07 Å². The van der Waals surface area contributed by atoms with Crippen LogP contribution in [0.25, 0.3) is 22.2 Å². The number of aromatic nitrogens is 1. The predicted molar refractivity (Wildman–Crippen MR) is 49.4 cm³/mol. The number of hydrogen-bond donors (Lipinski definition) is 0. The lowest BCUT2D eigenvalue weighted by Gasteiger charge is -2.17. The van der Waals surface area contributed by atoms with Gasteiger partial charge < -0.3 is 4.42 Å². The Hall–Kier alpha value is -1.70. The molecule has 0 bridgehead atoms. The SMILES string of the molecule is [O-][Cl+3]([O-])([O-])[O-].c1ccc2c3ccocc-3[nH+]c2c1. The number of aromatic amines is 1. The number of hydrogen-bond acceptors (Lipinski definition) is 5. The van der Waals surface area contributed by atoms with Crippen molar-refractivity contribution in [2.75, 3.05) is 0 Å². The van der Waals surface area contributed by atoms with E-state index in [9.17, 15) is 0 Å². The molecule has 1 aromatic carbocycles. The van der Waals surface area contributed by atoms with Crippen molar-refractivity contribution in [3.63, 3.8) is 0 Å². The lowest BCUT2D eigenvalue weighted by atomic mass is 10.1. The monoisotopic (exact) mass is 269 g/mol. The molecule has 3 rings (SSSR count). The molecular weight excluding hydrogens is 262 g/mol. The van der Waals surface area contributed by atoms with Crippen LogP contribution in [0.2, 0.25) is 0 Å². The highest BCUT2D eigenvalue weighted by Gasteiger charge is 2.16. The van der Waals surface area contributed by atoms with E-state index in [2.05, 4.69) is 17.1 Å². The summed E-state index contributed by atoms with van der Waals surface area (Å²) in [7, 11) is -4.94. The van der Waals surface area contributed by atoms with Gasteiger partial charge in [-0.2, -0.15) is 0 Å². The smallest absolute Gasteiger partial charge is 0.247 e. The van der Waals surface area contributed by atoms with Crippen LogP contribution in [0, 0.1) is 10.2 Å². The van der Waals surface area contributed by atoms with Crippen molar-refractivity contribution in [1.82, 2.24) is 0 Å². The van der Waals surface area contributed by atoms with Crippen LogP contribution in [-0.2, 0) is 0 Å². The third-order valence-electron chi connectivity index (χ3n) is 2.28. The van der Waals surface area contributed by atoms with Gasteiger partial charge in [0.05, 0.1) is 17.2 Å². The van der Waals surface area contributed by atoms with Gasteiger partial charge in [0.25, 0.3) is 0 Å². The Kier molecular flexibility index (Phi) is 3.46. The van der Waals surface area contributed by atoms with Crippen LogP contribution in [0.3, 0.4) is 0 Å².